The summed E-state index contributed by atoms with van der Waals surface area (Å²) in [5.41, 5.74) is 4.98. The van der Waals surface area contributed by atoms with Crippen molar-refractivity contribution in [3.63, 3.8) is 0 Å². The van der Waals surface area contributed by atoms with E-state index >= 15 is 0 Å². The smallest absolute Gasteiger partial charge is 0.279 e. The molecule has 0 saturated carbocycles. The van der Waals surface area contributed by atoms with Gasteiger partial charge in [0.15, 0.2) is 6.10 Å². The van der Waals surface area contributed by atoms with Crippen LogP contribution in [0.3, 0.4) is 0 Å². The Kier molecular flexibility index (Phi) is 6.45. The first-order valence-electron chi connectivity index (χ1n) is 9.41. The van der Waals surface area contributed by atoms with Crippen molar-refractivity contribution in [2.75, 3.05) is 18.0 Å². The minimum Gasteiger partial charge on any atom is -0.481 e. The van der Waals surface area contributed by atoms with Crippen molar-refractivity contribution in [1.29, 1.82) is 0 Å². The van der Waals surface area contributed by atoms with Crippen LogP contribution in [0, 0.1) is 15.9 Å². The fourth-order valence-corrected chi connectivity index (χ4v) is 3.11. The number of non-ortho nitro benzene ring substituents is 1. The third kappa shape index (κ3) is 5.02. The van der Waals surface area contributed by atoms with Gasteiger partial charge in [-0.2, -0.15) is 0 Å². The summed E-state index contributed by atoms with van der Waals surface area (Å²) >= 11 is 0. The van der Waals surface area contributed by atoms with E-state index in [1.807, 2.05) is 4.90 Å². The van der Waals surface area contributed by atoms with Crippen molar-refractivity contribution in [3.05, 3.63) is 64.0 Å². The van der Waals surface area contributed by atoms with Gasteiger partial charge in [0.25, 0.3) is 17.5 Å². The fraction of sp³-hybridized carbons (Fsp3) is 0.300. The minimum atomic E-state index is -0.973. The molecule has 2 aromatic carbocycles. The summed E-state index contributed by atoms with van der Waals surface area (Å²) in [5.74, 6) is -1.46. The molecule has 1 aliphatic rings. The monoisotopic (exact) mass is 416 g/mol. The molecule has 0 radical (unpaired) electrons. The van der Waals surface area contributed by atoms with E-state index in [2.05, 4.69) is 10.9 Å². The van der Waals surface area contributed by atoms with Gasteiger partial charge in [-0.05, 0) is 50.1 Å². The van der Waals surface area contributed by atoms with Gasteiger partial charge in [0.2, 0.25) is 0 Å². The van der Waals surface area contributed by atoms with E-state index in [0.717, 1.165) is 25.9 Å². The van der Waals surface area contributed by atoms with E-state index < -0.39 is 28.7 Å². The first kappa shape index (κ1) is 21.0. The van der Waals surface area contributed by atoms with Crippen molar-refractivity contribution in [2.24, 2.45) is 0 Å². The Morgan fingerprint density at radius 3 is 2.43 bits per heavy atom. The second-order valence-electron chi connectivity index (χ2n) is 6.81. The van der Waals surface area contributed by atoms with Crippen LogP contribution in [0.15, 0.2) is 42.5 Å². The molecule has 10 heteroatoms. The summed E-state index contributed by atoms with van der Waals surface area (Å²) in [5, 5.41) is 11.1. The van der Waals surface area contributed by atoms with Gasteiger partial charge in [0.05, 0.1) is 16.2 Å². The number of hydrazine groups is 1. The maximum Gasteiger partial charge on any atom is 0.279 e. The summed E-state index contributed by atoms with van der Waals surface area (Å²) in [6, 6.07) is 9.23. The van der Waals surface area contributed by atoms with Crippen LogP contribution in [-0.4, -0.2) is 35.9 Å². The number of anilines is 1. The van der Waals surface area contributed by atoms with Crippen molar-refractivity contribution in [2.45, 2.75) is 25.9 Å². The Morgan fingerprint density at radius 2 is 1.80 bits per heavy atom. The molecular formula is C20H21FN4O5. The molecular weight excluding hydrogens is 395 g/mol. The lowest BCUT2D eigenvalue weighted by Gasteiger charge is -2.21. The van der Waals surface area contributed by atoms with Gasteiger partial charge >= 0.3 is 0 Å². The molecule has 1 aliphatic heterocycles. The molecule has 1 fully saturated rings. The number of nitro groups is 1. The average Bonchev–Trinajstić information content (AvgIpc) is 3.27. The predicted octanol–water partition coefficient (Wildman–Crippen LogP) is 2.56. The second-order valence-corrected chi connectivity index (χ2v) is 6.81. The fourth-order valence-electron chi connectivity index (χ4n) is 3.11. The van der Waals surface area contributed by atoms with Crippen LogP contribution >= 0.6 is 0 Å². The minimum absolute atomic E-state index is 0.0958. The van der Waals surface area contributed by atoms with Crippen molar-refractivity contribution in [3.8, 4) is 5.75 Å². The third-order valence-electron chi connectivity index (χ3n) is 4.68. The quantitative estimate of drug-likeness (QED) is 0.553. The summed E-state index contributed by atoms with van der Waals surface area (Å²) in [6.45, 7) is 2.95. The molecule has 158 valence electrons. The number of amides is 2. The van der Waals surface area contributed by atoms with E-state index in [1.165, 1.54) is 43.3 Å². The van der Waals surface area contributed by atoms with Gasteiger partial charge in [-0.1, -0.05) is 0 Å². The lowest BCUT2D eigenvalue weighted by atomic mass is 10.1. The molecule has 3 rings (SSSR count). The molecule has 1 atom stereocenters. The lowest BCUT2D eigenvalue weighted by Crippen LogP contribution is -2.47. The normalized spacial score (nSPS) is 14.1. The van der Waals surface area contributed by atoms with Gasteiger partial charge in [-0.15, -0.1) is 0 Å². The first-order valence-corrected chi connectivity index (χ1v) is 9.41. The van der Waals surface area contributed by atoms with Crippen LogP contribution in [0.25, 0.3) is 0 Å². The van der Waals surface area contributed by atoms with Gasteiger partial charge in [-0.3, -0.25) is 30.6 Å². The van der Waals surface area contributed by atoms with Crippen LogP contribution in [0.5, 0.6) is 5.75 Å². The van der Waals surface area contributed by atoms with Gasteiger partial charge < -0.3 is 9.64 Å². The van der Waals surface area contributed by atoms with Crippen molar-refractivity contribution >= 4 is 23.2 Å². The maximum absolute atomic E-state index is 12.9. The van der Waals surface area contributed by atoms with Crippen molar-refractivity contribution < 1.29 is 23.6 Å². The molecule has 0 aromatic heterocycles. The SMILES string of the molecule is C[C@@H](Oc1ccc(F)cc1)C(=O)NNC(=O)c1cc([N+](=O)[O-])ccc1N1CCCC1. The summed E-state index contributed by atoms with van der Waals surface area (Å²) in [6.07, 6.45) is 0.957. The van der Waals surface area contributed by atoms with Gasteiger partial charge in [-0.25, -0.2) is 4.39 Å². The number of halogens is 1. The number of carbonyl (C=O) groups excluding carboxylic acids is 2. The second kappa shape index (κ2) is 9.21. The maximum atomic E-state index is 12.9. The first-order chi connectivity index (χ1) is 14.3. The van der Waals surface area contributed by atoms with E-state index in [9.17, 15) is 24.1 Å². The Morgan fingerprint density at radius 1 is 1.13 bits per heavy atom. The number of benzene rings is 2. The highest BCUT2D eigenvalue weighted by Gasteiger charge is 2.23. The zero-order valence-corrected chi connectivity index (χ0v) is 16.3. The van der Waals surface area contributed by atoms with Crippen LogP contribution in [0.4, 0.5) is 15.8 Å². The molecule has 0 spiro atoms. The molecule has 1 saturated heterocycles. The Hall–Kier alpha value is -3.69. The van der Waals surface area contributed by atoms with Crippen LogP contribution in [0.1, 0.15) is 30.1 Å². The topological polar surface area (TPSA) is 114 Å². The molecule has 0 aliphatic carbocycles. The highest BCUT2D eigenvalue weighted by molar-refractivity contribution is 6.01. The van der Waals surface area contributed by atoms with E-state index in [4.69, 9.17) is 4.74 Å². The number of ether oxygens (including phenoxy) is 1. The molecule has 2 N–H and O–H groups in total. The molecule has 2 aromatic rings. The molecule has 0 unspecified atom stereocenters. The summed E-state index contributed by atoms with van der Waals surface area (Å²) in [7, 11) is 0. The van der Waals surface area contributed by atoms with Crippen molar-refractivity contribution in [1.82, 2.24) is 10.9 Å². The summed E-state index contributed by atoms with van der Waals surface area (Å²) < 4.78 is 18.3. The number of hydrogen-bond acceptors (Lipinski definition) is 6. The largest absolute Gasteiger partial charge is 0.481 e. The van der Waals surface area contributed by atoms with Crippen LogP contribution in [0.2, 0.25) is 0 Å². The lowest BCUT2D eigenvalue weighted by molar-refractivity contribution is -0.384. The number of nitro benzene ring substituents is 1. The predicted molar refractivity (Wildman–Crippen MR) is 107 cm³/mol. The number of nitrogens with one attached hydrogen (secondary N) is 2. The molecule has 30 heavy (non-hydrogen) atoms. The van der Waals surface area contributed by atoms with E-state index in [1.54, 1.807) is 6.07 Å². The highest BCUT2D eigenvalue weighted by atomic mass is 19.1. The standard InChI is InChI=1S/C20H21FN4O5/c1-13(30-16-7-4-14(21)5-8-16)19(26)22-23-20(27)17-12-15(25(28)29)6-9-18(17)24-10-2-3-11-24/h4-9,12-13H,2-3,10-11H2,1H3,(H,22,26)(H,23,27)/t13-/m1/s1. The Balaban J connectivity index is 1.67. The van der Waals surface area contributed by atoms with Crippen LogP contribution in [-0.2, 0) is 4.79 Å². The van der Waals surface area contributed by atoms with E-state index in [0.29, 0.717) is 11.4 Å². The number of hydrogen-bond donors (Lipinski definition) is 2. The van der Waals surface area contributed by atoms with E-state index in [-0.39, 0.29) is 11.3 Å². The summed E-state index contributed by atoms with van der Waals surface area (Å²) in [4.78, 5) is 37.4. The average molecular weight is 416 g/mol. The van der Waals surface area contributed by atoms with Gasteiger partial charge in [0.1, 0.15) is 11.6 Å². The molecule has 2 amide bonds. The Bertz CT molecular complexity index is 945. The number of rotatable bonds is 6. The number of carbonyl (C=O) groups is 2. The zero-order valence-electron chi connectivity index (χ0n) is 16.3. The molecule has 0 bridgehead atoms. The highest BCUT2D eigenvalue weighted by Crippen LogP contribution is 2.28. The number of nitrogens with zero attached hydrogens (tertiary/aromatic N) is 2. The zero-order chi connectivity index (χ0) is 21.7. The van der Waals surface area contributed by atoms with Gasteiger partial charge in [0, 0.05) is 25.2 Å². The Labute approximate surface area is 171 Å². The molecule has 1 heterocycles. The third-order valence-corrected chi connectivity index (χ3v) is 4.68. The molecule has 9 nitrogen and oxygen atoms in total. The van der Waals surface area contributed by atoms with Crippen LogP contribution < -0.4 is 20.5 Å².